The Hall–Kier alpha value is -1.46. The number of rotatable bonds is 2. The molecule has 2 fully saturated rings. The first-order valence-corrected chi connectivity index (χ1v) is 7.92. The smallest absolute Gasteiger partial charge is 0.321 e. The highest BCUT2D eigenvalue weighted by Crippen LogP contribution is 2.49. The second kappa shape index (κ2) is 5.63. The fraction of sp³-hybridized carbons (Fsp3) is 0.467. The van der Waals surface area contributed by atoms with Crippen molar-refractivity contribution in [1.29, 1.82) is 0 Å². The number of halogens is 2. The van der Waals surface area contributed by atoms with Crippen molar-refractivity contribution < 1.29 is 14.7 Å². The van der Waals surface area contributed by atoms with Gasteiger partial charge in [-0.2, -0.15) is 0 Å². The molecule has 1 aromatic carbocycles. The Morgan fingerprint density at radius 3 is 2.82 bits per heavy atom. The number of likely N-dealkylation sites (tertiary alicyclic amines) is 1. The lowest BCUT2D eigenvalue weighted by Crippen LogP contribution is -2.38. The van der Waals surface area contributed by atoms with E-state index < -0.39 is 11.4 Å². The number of anilines is 1. The number of carbonyl (C=O) groups excluding carboxylic acids is 1. The van der Waals surface area contributed by atoms with Crippen molar-refractivity contribution in [1.82, 2.24) is 4.90 Å². The molecule has 0 radical (unpaired) electrons. The molecule has 0 unspecified atom stereocenters. The normalized spacial score (nSPS) is 26.8. The molecule has 0 aromatic heterocycles. The van der Waals surface area contributed by atoms with Crippen molar-refractivity contribution in [3.63, 3.8) is 0 Å². The van der Waals surface area contributed by atoms with E-state index in [2.05, 4.69) is 5.32 Å². The Morgan fingerprint density at radius 1 is 1.36 bits per heavy atom. The number of hydrogen-bond acceptors (Lipinski definition) is 2. The number of nitrogens with zero attached hydrogens (tertiary/aromatic N) is 1. The molecular weight excluding hydrogens is 327 g/mol. The highest BCUT2D eigenvalue weighted by molar-refractivity contribution is 6.35. The van der Waals surface area contributed by atoms with Gasteiger partial charge in [0.1, 0.15) is 0 Å². The molecule has 1 aromatic rings. The lowest BCUT2D eigenvalue weighted by atomic mass is 9.81. The van der Waals surface area contributed by atoms with E-state index in [4.69, 9.17) is 23.2 Å². The zero-order valence-corrected chi connectivity index (χ0v) is 13.3. The molecule has 2 amide bonds. The minimum absolute atomic E-state index is 0.0329. The van der Waals surface area contributed by atoms with Crippen LogP contribution in [0.5, 0.6) is 0 Å². The predicted octanol–water partition coefficient (Wildman–Crippen LogP) is 3.71. The van der Waals surface area contributed by atoms with E-state index >= 15 is 0 Å². The molecule has 0 bridgehead atoms. The average Bonchev–Trinajstić information content (AvgIpc) is 3.00. The van der Waals surface area contributed by atoms with Gasteiger partial charge in [0.15, 0.2) is 0 Å². The number of urea groups is 1. The maximum Gasteiger partial charge on any atom is 0.321 e. The van der Waals surface area contributed by atoms with Crippen LogP contribution in [-0.4, -0.2) is 35.1 Å². The third-order valence-corrected chi connectivity index (χ3v) is 5.32. The molecule has 5 nitrogen and oxygen atoms in total. The standard InChI is InChI=1S/C15H16Cl2N2O3/c16-10-3-4-11(17)12(6-10)18-14(22)19-7-9-2-1-5-15(9,8-19)13(20)21/h3-4,6,9H,1-2,5,7-8H2,(H,18,22)(H,20,21)/t9-,15+/m0/s1. The molecule has 1 heterocycles. The van der Waals surface area contributed by atoms with Gasteiger partial charge >= 0.3 is 12.0 Å². The summed E-state index contributed by atoms with van der Waals surface area (Å²) in [5.74, 6) is -0.767. The highest BCUT2D eigenvalue weighted by atomic mass is 35.5. The molecular formula is C15H16Cl2N2O3. The number of fused-ring (bicyclic) bond motifs is 1. The Morgan fingerprint density at radius 2 is 2.14 bits per heavy atom. The Bertz CT molecular complexity index is 637. The summed E-state index contributed by atoms with van der Waals surface area (Å²) in [7, 11) is 0. The summed E-state index contributed by atoms with van der Waals surface area (Å²) in [6.45, 7) is 0.716. The molecule has 3 rings (SSSR count). The molecule has 0 spiro atoms. The van der Waals surface area contributed by atoms with Gasteiger partial charge in [-0.05, 0) is 37.0 Å². The monoisotopic (exact) mass is 342 g/mol. The van der Waals surface area contributed by atoms with E-state index in [9.17, 15) is 14.7 Å². The van der Waals surface area contributed by atoms with Crippen LogP contribution in [0, 0.1) is 11.3 Å². The molecule has 2 atom stereocenters. The zero-order valence-electron chi connectivity index (χ0n) is 11.8. The van der Waals surface area contributed by atoms with Crippen molar-refractivity contribution >= 4 is 40.9 Å². The van der Waals surface area contributed by atoms with Crippen molar-refractivity contribution in [2.24, 2.45) is 11.3 Å². The van der Waals surface area contributed by atoms with E-state index in [1.54, 1.807) is 23.1 Å². The second-order valence-corrected chi connectivity index (χ2v) is 6.83. The molecule has 2 N–H and O–H groups in total. The van der Waals surface area contributed by atoms with Crippen molar-refractivity contribution in [3.8, 4) is 0 Å². The van der Waals surface area contributed by atoms with Crippen LogP contribution < -0.4 is 5.32 Å². The van der Waals surface area contributed by atoms with Gasteiger partial charge in [-0.25, -0.2) is 4.79 Å². The van der Waals surface area contributed by atoms with Crippen LogP contribution in [0.1, 0.15) is 19.3 Å². The van der Waals surface area contributed by atoms with Gasteiger partial charge in [0, 0.05) is 18.1 Å². The third kappa shape index (κ3) is 2.52. The van der Waals surface area contributed by atoms with Gasteiger partial charge in [-0.15, -0.1) is 0 Å². The van der Waals surface area contributed by atoms with E-state index in [0.29, 0.717) is 28.7 Å². The quantitative estimate of drug-likeness (QED) is 0.860. The predicted molar refractivity (Wildman–Crippen MR) is 84.5 cm³/mol. The minimum atomic E-state index is -0.800. The Kier molecular flexibility index (Phi) is 3.95. The van der Waals surface area contributed by atoms with Crippen LogP contribution in [-0.2, 0) is 4.79 Å². The van der Waals surface area contributed by atoms with E-state index in [0.717, 1.165) is 12.8 Å². The summed E-state index contributed by atoms with van der Waals surface area (Å²) >= 11 is 11.9. The largest absolute Gasteiger partial charge is 0.481 e. The number of benzene rings is 1. The second-order valence-electron chi connectivity index (χ2n) is 5.99. The van der Waals surface area contributed by atoms with E-state index in [1.165, 1.54) is 0 Å². The lowest BCUT2D eigenvalue weighted by Gasteiger charge is -2.23. The molecule has 22 heavy (non-hydrogen) atoms. The fourth-order valence-corrected chi connectivity index (χ4v) is 3.92. The number of carbonyl (C=O) groups is 2. The van der Waals surface area contributed by atoms with Gasteiger partial charge in [-0.1, -0.05) is 29.6 Å². The maximum absolute atomic E-state index is 12.4. The maximum atomic E-state index is 12.4. The molecule has 1 aliphatic heterocycles. The number of hydrogen-bond donors (Lipinski definition) is 2. The number of nitrogens with one attached hydrogen (secondary N) is 1. The molecule has 7 heteroatoms. The van der Waals surface area contributed by atoms with Crippen LogP contribution in [0.2, 0.25) is 10.0 Å². The van der Waals surface area contributed by atoms with Gasteiger partial charge in [0.2, 0.25) is 0 Å². The first kappa shape index (κ1) is 15.4. The first-order chi connectivity index (χ1) is 10.4. The molecule has 1 aliphatic carbocycles. The molecule has 2 aliphatic rings. The van der Waals surface area contributed by atoms with Gasteiger partial charge in [-0.3, -0.25) is 4.79 Å². The van der Waals surface area contributed by atoms with Crippen molar-refractivity contribution in [3.05, 3.63) is 28.2 Å². The first-order valence-electron chi connectivity index (χ1n) is 7.17. The van der Waals surface area contributed by atoms with Crippen molar-refractivity contribution in [2.75, 3.05) is 18.4 Å². The van der Waals surface area contributed by atoms with Gasteiger partial charge < -0.3 is 15.3 Å². The number of amides is 2. The van der Waals surface area contributed by atoms with Gasteiger partial charge in [0.05, 0.1) is 16.1 Å². The summed E-state index contributed by atoms with van der Waals surface area (Å²) in [6.07, 6.45) is 2.40. The Labute approximate surface area is 138 Å². The molecule has 1 saturated heterocycles. The lowest BCUT2D eigenvalue weighted by molar-refractivity contribution is -0.149. The fourth-order valence-electron chi connectivity index (χ4n) is 3.58. The SMILES string of the molecule is O=C(Nc1cc(Cl)ccc1Cl)N1C[C@@H]2CCC[C@@]2(C(=O)O)C1. The van der Waals surface area contributed by atoms with E-state index in [-0.39, 0.29) is 18.5 Å². The van der Waals surface area contributed by atoms with Crippen LogP contribution in [0.3, 0.4) is 0 Å². The summed E-state index contributed by atoms with van der Waals surface area (Å²) in [4.78, 5) is 25.6. The van der Waals surface area contributed by atoms with Crippen LogP contribution >= 0.6 is 23.2 Å². The highest BCUT2D eigenvalue weighted by Gasteiger charge is 2.55. The summed E-state index contributed by atoms with van der Waals surface area (Å²) in [5, 5.41) is 13.1. The number of carboxylic acids is 1. The molecule has 118 valence electrons. The average molecular weight is 343 g/mol. The summed E-state index contributed by atoms with van der Waals surface area (Å²) < 4.78 is 0. The summed E-state index contributed by atoms with van der Waals surface area (Å²) in [5.41, 5.74) is -0.351. The molecule has 1 saturated carbocycles. The van der Waals surface area contributed by atoms with Crippen molar-refractivity contribution in [2.45, 2.75) is 19.3 Å². The van der Waals surface area contributed by atoms with Crippen LogP contribution in [0.15, 0.2) is 18.2 Å². The number of aliphatic carboxylic acids is 1. The van der Waals surface area contributed by atoms with E-state index in [1.807, 2.05) is 0 Å². The van der Waals surface area contributed by atoms with Crippen LogP contribution in [0.25, 0.3) is 0 Å². The van der Waals surface area contributed by atoms with Crippen LogP contribution in [0.4, 0.5) is 10.5 Å². The zero-order chi connectivity index (χ0) is 15.9. The third-order valence-electron chi connectivity index (χ3n) is 4.75. The minimum Gasteiger partial charge on any atom is -0.481 e. The summed E-state index contributed by atoms with van der Waals surface area (Å²) in [6, 6.07) is 4.49. The topological polar surface area (TPSA) is 69.6 Å². The Balaban J connectivity index is 1.75. The van der Waals surface area contributed by atoms with Gasteiger partial charge in [0.25, 0.3) is 0 Å². The number of carboxylic acid groups (broad SMARTS) is 1.